The molecule has 2 aromatic heterocycles. The van der Waals surface area contributed by atoms with Gasteiger partial charge in [0.25, 0.3) is 11.5 Å². The number of thiophene rings is 1. The molecule has 6 nitrogen and oxygen atoms in total. The second kappa shape index (κ2) is 8.93. The molecular weight excluding hydrogens is 408 g/mol. The van der Waals surface area contributed by atoms with Gasteiger partial charge in [0.2, 0.25) is 0 Å². The summed E-state index contributed by atoms with van der Waals surface area (Å²) in [4.78, 5) is 34.6. The van der Waals surface area contributed by atoms with Crippen molar-refractivity contribution in [3.63, 3.8) is 0 Å². The molecule has 0 aliphatic carbocycles. The number of benzene rings is 1. The number of nitrogens with one attached hydrogen (secondary N) is 1. The standard InChI is InChI=1S/C24H30N4O2S/c1-15(2)17(4)25-22(29)21-16(3)20-23(31-21)26-19-10-11-27(12-13-28(19)24(20)30)14-18-8-6-5-7-9-18/h5-9,15,17H,10-14H2,1-4H3,(H,25,29)/t17-/m1/s1. The van der Waals surface area contributed by atoms with Crippen LogP contribution in [-0.2, 0) is 19.5 Å². The second-order valence-corrected chi connectivity index (χ2v) is 9.74. The van der Waals surface area contributed by atoms with Gasteiger partial charge in [-0.25, -0.2) is 4.98 Å². The van der Waals surface area contributed by atoms with Crippen LogP contribution in [0.1, 0.15) is 47.4 Å². The van der Waals surface area contributed by atoms with Crippen LogP contribution in [0.3, 0.4) is 0 Å². The summed E-state index contributed by atoms with van der Waals surface area (Å²) in [7, 11) is 0. The number of carbonyl (C=O) groups excluding carboxylic acids is 1. The summed E-state index contributed by atoms with van der Waals surface area (Å²) in [5.41, 5.74) is 2.00. The maximum Gasteiger partial charge on any atom is 0.262 e. The van der Waals surface area contributed by atoms with Gasteiger partial charge in [-0.1, -0.05) is 44.2 Å². The van der Waals surface area contributed by atoms with Gasteiger partial charge in [0.15, 0.2) is 0 Å². The largest absolute Gasteiger partial charge is 0.349 e. The number of hydrogen-bond acceptors (Lipinski definition) is 5. The maximum atomic E-state index is 13.4. The average Bonchev–Trinajstić information content (AvgIpc) is 2.94. The van der Waals surface area contributed by atoms with Gasteiger partial charge in [-0.15, -0.1) is 11.3 Å². The van der Waals surface area contributed by atoms with E-state index in [9.17, 15) is 9.59 Å². The molecule has 3 aromatic rings. The summed E-state index contributed by atoms with van der Waals surface area (Å²) in [6.45, 7) is 11.2. The molecule has 7 heteroatoms. The lowest BCUT2D eigenvalue weighted by atomic mass is 10.1. The lowest BCUT2D eigenvalue weighted by Gasteiger charge is -2.19. The summed E-state index contributed by atoms with van der Waals surface area (Å²) in [6, 6.07) is 10.5. The van der Waals surface area contributed by atoms with Crippen molar-refractivity contribution in [2.75, 3.05) is 13.1 Å². The first-order chi connectivity index (χ1) is 14.8. The molecule has 164 valence electrons. The minimum atomic E-state index is -0.115. The molecular formula is C24H30N4O2S. The number of hydrogen-bond donors (Lipinski definition) is 1. The highest BCUT2D eigenvalue weighted by Crippen LogP contribution is 2.28. The van der Waals surface area contributed by atoms with E-state index in [1.807, 2.05) is 24.5 Å². The summed E-state index contributed by atoms with van der Waals surface area (Å²) in [6.07, 6.45) is 0.723. The Morgan fingerprint density at radius 2 is 1.90 bits per heavy atom. The molecule has 1 N–H and O–H groups in total. The number of carbonyl (C=O) groups is 1. The van der Waals surface area contributed by atoms with Gasteiger partial charge >= 0.3 is 0 Å². The Bertz CT molecular complexity index is 1150. The monoisotopic (exact) mass is 438 g/mol. The van der Waals surface area contributed by atoms with Crippen LogP contribution < -0.4 is 10.9 Å². The third-order valence-corrected chi connectivity index (χ3v) is 7.42. The van der Waals surface area contributed by atoms with Crippen LogP contribution >= 0.6 is 11.3 Å². The molecule has 1 aromatic carbocycles. The van der Waals surface area contributed by atoms with Crippen molar-refractivity contribution in [1.82, 2.24) is 19.8 Å². The number of rotatable bonds is 5. The lowest BCUT2D eigenvalue weighted by Crippen LogP contribution is -2.36. The van der Waals surface area contributed by atoms with Crippen molar-refractivity contribution >= 4 is 27.5 Å². The molecule has 1 aliphatic heterocycles. The minimum absolute atomic E-state index is 0.0220. The normalized spacial score (nSPS) is 15.6. The number of aromatic nitrogens is 2. The van der Waals surface area contributed by atoms with E-state index in [0.29, 0.717) is 27.6 Å². The van der Waals surface area contributed by atoms with Gasteiger partial charge in [0.05, 0.1) is 10.3 Å². The summed E-state index contributed by atoms with van der Waals surface area (Å²) < 4.78 is 1.81. The predicted molar refractivity (Wildman–Crippen MR) is 126 cm³/mol. The van der Waals surface area contributed by atoms with Crippen molar-refractivity contribution in [3.05, 3.63) is 62.5 Å². The van der Waals surface area contributed by atoms with Crippen LogP contribution in [0.5, 0.6) is 0 Å². The Hall–Kier alpha value is -2.51. The predicted octanol–water partition coefficient (Wildman–Crippen LogP) is 3.60. The minimum Gasteiger partial charge on any atom is -0.349 e. The zero-order valence-corrected chi connectivity index (χ0v) is 19.5. The van der Waals surface area contributed by atoms with Crippen molar-refractivity contribution in [2.45, 2.75) is 53.2 Å². The first kappa shape index (κ1) is 21.7. The molecule has 0 spiro atoms. The van der Waals surface area contributed by atoms with E-state index in [1.165, 1.54) is 16.9 Å². The molecule has 0 saturated heterocycles. The Morgan fingerprint density at radius 1 is 1.16 bits per heavy atom. The number of nitrogens with zero attached hydrogens (tertiary/aromatic N) is 3. The molecule has 0 saturated carbocycles. The number of amides is 1. The van der Waals surface area contributed by atoms with Gasteiger partial charge in [0, 0.05) is 38.6 Å². The molecule has 3 heterocycles. The lowest BCUT2D eigenvalue weighted by molar-refractivity contribution is 0.0934. The smallest absolute Gasteiger partial charge is 0.262 e. The first-order valence-electron chi connectivity index (χ1n) is 10.9. The SMILES string of the molecule is Cc1c(C(=O)N[C@H](C)C(C)C)sc2nc3n(c(=O)c12)CCN(Cc1ccccc1)CC3. The first-order valence-corrected chi connectivity index (χ1v) is 11.8. The fourth-order valence-corrected chi connectivity index (χ4v) is 5.04. The van der Waals surface area contributed by atoms with Crippen molar-refractivity contribution < 1.29 is 4.79 Å². The van der Waals surface area contributed by atoms with Crippen molar-refractivity contribution in [2.24, 2.45) is 5.92 Å². The van der Waals surface area contributed by atoms with Crippen LogP contribution in [0.15, 0.2) is 35.1 Å². The van der Waals surface area contributed by atoms with E-state index < -0.39 is 0 Å². The highest BCUT2D eigenvalue weighted by molar-refractivity contribution is 7.20. The molecule has 1 atom stereocenters. The van der Waals surface area contributed by atoms with E-state index in [0.717, 1.165) is 37.4 Å². The summed E-state index contributed by atoms with van der Waals surface area (Å²) in [5.74, 6) is 1.05. The van der Waals surface area contributed by atoms with Crippen LogP contribution in [-0.4, -0.2) is 39.5 Å². The van der Waals surface area contributed by atoms with E-state index in [1.54, 1.807) is 0 Å². The summed E-state index contributed by atoms with van der Waals surface area (Å²) in [5, 5.41) is 3.64. The molecule has 1 amide bonds. The van der Waals surface area contributed by atoms with Gasteiger partial charge in [-0.3, -0.25) is 19.1 Å². The van der Waals surface area contributed by atoms with E-state index in [-0.39, 0.29) is 17.5 Å². The van der Waals surface area contributed by atoms with Crippen LogP contribution in [0, 0.1) is 12.8 Å². The Balaban J connectivity index is 1.60. The van der Waals surface area contributed by atoms with E-state index >= 15 is 0 Å². The van der Waals surface area contributed by atoms with Crippen LogP contribution in [0.4, 0.5) is 0 Å². The van der Waals surface area contributed by atoms with Gasteiger partial charge in [0.1, 0.15) is 10.7 Å². The molecule has 0 fully saturated rings. The van der Waals surface area contributed by atoms with Crippen molar-refractivity contribution in [1.29, 1.82) is 0 Å². The highest BCUT2D eigenvalue weighted by Gasteiger charge is 2.24. The fourth-order valence-electron chi connectivity index (χ4n) is 3.95. The third kappa shape index (κ3) is 4.43. The molecule has 31 heavy (non-hydrogen) atoms. The quantitative estimate of drug-likeness (QED) is 0.661. The molecule has 4 rings (SSSR count). The van der Waals surface area contributed by atoms with Crippen LogP contribution in [0.25, 0.3) is 10.2 Å². The van der Waals surface area contributed by atoms with Crippen LogP contribution in [0.2, 0.25) is 0 Å². The molecule has 0 unspecified atom stereocenters. The van der Waals surface area contributed by atoms with Crippen molar-refractivity contribution in [3.8, 4) is 0 Å². The fraction of sp³-hybridized carbons (Fsp3) is 0.458. The Kier molecular flexibility index (Phi) is 6.25. The molecule has 0 bridgehead atoms. The maximum absolute atomic E-state index is 13.4. The number of aryl methyl sites for hydroxylation is 1. The van der Waals surface area contributed by atoms with Gasteiger partial charge in [-0.05, 0) is 30.9 Å². The third-order valence-electron chi connectivity index (χ3n) is 6.23. The van der Waals surface area contributed by atoms with E-state index in [2.05, 4.69) is 48.3 Å². The zero-order chi connectivity index (χ0) is 22.1. The Morgan fingerprint density at radius 3 is 2.61 bits per heavy atom. The van der Waals surface area contributed by atoms with Gasteiger partial charge in [-0.2, -0.15) is 0 Å². The highest BCUT2D eigenvalue weighted by atomic mass is 32.1. The summed E-state index contributed by atoms with van der Waals surface area (Å²) >= 11 is 1.33. The van der Waals surface area contributed by atoms with Gasteiger partial charge < -0.3 is 5.32 Å². The second-order valence-electron chi connectivity index (χ2n) is 8.74. The Labute approximate surface area is 186 Å². The number of fused-ring (bicyclic) bond motifs is 2. The van der Waals surface area contributed by atoms with E-state index in [4.69, 9.17) is 4.98 Å². The average molecular weight is 439 g/mol. The topological polar surface area (TPSA) is 67.2 Å². The molecule has 0 radical (unpaired) electrons. The molecule has 1 aliphatic rings. The zero-order valence-electron chi connectivity index (χ0n) is 18.6.